The van der Waals surface area contributed by atoms with Crippen LogP contribution in [0.1, 0.15) is 20.3 Å². The third kappa shape index (κ3) is 3.18. The number of rotatable bonds is 3. The molecule has 0 saturated carbocycles. The van der Waals surface area contributed by atoms with E-state index in [0.717, 1.165) is 19.6 Å². The number of nitrogens with one attached hydrogen (secondary N) is 1. The standard InChI is InChI=1S/C11H23N3O/c1-9(7-12-3)14-6-5-11(15)13(4)10(2)8-14/h9-10,12H,5-8H2,1-4H3. The largest absolute Gasteiger partial charge is 0.342 e. The summed E-state index contributed by atoms with van der Waals surface area (Å²) >= 11 is 0. The Labute approximate surface area is 92.6 Å². The highest BCUT2D eigenvalue weighted by Crippen LogP contribution is 2.11. The second-order valence-corrected chi connectivity index (χ2v) is 4.51. The number of carbonyl (C=O) groups excluding carboxylic acids is 1. The minimum Gasteiger partial charge on any atom is -0.342 e. The molecule has 2 unspecified atom stereocenters. The summed E-state index contributed by atoms with van der Waals surface area (Å²) in [6.07, 6.45) is 0.648. The zero-order valence-electron chi connectivity index (χ0n) is 10.3. The van der Waals surface area contributed by atoms with E-state index in [1.54, 1.807) is 0 Å². The molecule has 1 saturated heterocycles. The zero-order valence-corrected chi connectivity index (χ0v) is 10.3. The number of hydrogen-bond donors (Lipinski definition) is 1. The second-order valence-electron chi connectivity index (χ2n) is 4.51. The Balaban J connectivity index is 2.58. The van der Waals surface area contributed by atoms with Crippen LogP contribution in [0.25, 0.3) is 0 Å². The molecule has 0 radical (unpaired) electrons. The van der Waals surface area contributed by atoms with Gasteiger partial charge in [0.1, 0.15) is 0 Å². The fourth-order valence-electron chi connectivity index (χ4n) is 2.04. The Kier molecular flexibility index (Phi) is 4.54. The van der Waals surface area contributed by atoms with Gasteiger partial charge in [-0.25, -0.2) is 0 Å². The molecule has 1 fully saturated rings. The van der Waals surface area contributed by atoms with Crippen LogP contribution in [-0.4, -0.2) is 61.5 Å². The molecule has 1 heterocycles. The Hall–Kier alpha value is -0.610. The van der Waals surface area contributed by atoms with Gasteiger partial charge < -0.3 is 10.2 Å². The molecule has 0 aliphatic carbocycles. The fourth-order valence-corrected chi connectivity index (χ4v) is 2.04. The molecule has 1 rings (SSSR count). The molecule has 0 aromatic carbocycles. The van der Waals surface area contributed by atoms with Crippen molar-refractivity contribution in [3.63, 3.8) is 0 Å². The molecule has 15 heavy (non-hydrogen) atoms. The predicted molar refractivity (Wildman–Crippen MR) is 61.8 cm³/mol. The first kappa shape index (κ1) is 12.5. The van der Waals surface area contributed by atoms with Crippen LogP contribution < -0.4 is 5.32 Å². The average molecular weight is 213 g/mol. The van der Waals surface area contributed by atoms with E-state index in [9.17, 15) is 4.79 Å². The third-order valence-electron chi connectivity index (χ3n) is 3.29. The molecule has 1 N–H and O–H groups in total. The third-order valence-corrected chi connectivity index (χ3v) is 3.29. The molecular weight excluding hydrogens is 190 g/mol. The quantitative estimate of drug-likeness (QED) is 0.725. The summed E-state index contributed by atoms with van der Waals surface area (Å²) in [5.41, 5.74) is 0. The molecule has 1 aliphatic heterocycles. The van der Waals surface area contributed by atoms with Crippen molar-refractivity contribution in [2.45, 2.75) is 32.4 Å². The molecule has 88 valence electrons. The van der Waals surface area contributed by atoms with Crippen LogP contribution in [0.2, 0.25) is 0 Å². The van der Waals surface area contributed by atoms with Crippen LogP contribution >= 0.6 is 0 Å². The van der Waals surface area contributed by atoms with Gasteiger partial charge in [-0.2, -0.15) is 0 Å². The monoisotopic (exact) mass is 213 g/mol. The summed E-state index contributed by atoms with van der Waals surface area (Å²) in [4.78, 5) is 15.9. The first-order valence-electron chi connectivity index (χ1n) is 5.70. The molecule has 4 heteroatoms. The molecule has 1 amide bonds. The van der Waals surface area contributed by atoms with Crippen molar-refractivity contribution in [3.8, 4) is 0 Å². The van der Waals surface area contributed by atoms with Crippen molar-refractivity contribution < 1.29 is 4.79 Å². The number of carbonyl (C=O) groups is 1. The Morgan fingerprint density at radius 2 is 2.27 bits per heavy atom. The normalized spacial score (nSPS) is 26.5. The van der Waals surface area contributed by atoms with Crippen molar-refractivity contribution in [1.82, 2.24) is 15.1 Å². The highest BCUT2D eigenvalue weighted by atomic mass is 16.2. The van der Waals surface area contributed by atoms with Crippen LogP contribution in [0.15, 0.2) is 0 Å². The summed E-state index contributed by atoms with van der Waals surface area (Å²) < 4.78 is 0. The Bertz CT molecular complexity index is 220. The predicted octanol–water partition coefficient (Wildman–Crippen LogP) is 0.147. The van der Waals surface area contributed by atoms with Gasteiger partial charge in [-0.3, -0.25) is 9.69 Å². The number of hydrogen-bond acceptors (Lipinski definition) is 3. The van der Waals surface area contributed by atoms with Gasteiger partial charge >= 0.3 is 0 Å². The van der Waals surface area contributed by atoms with E-state index in [1.165, 1.54) is 0 Å². The van der Waals surface area contributed by atoms with Crippen molar-refractivity contribution in [1.29, 1.82) is 0 Å². The lowest BCUT2D eigenvalue weighted by Crippen LogP contribution is -2.44. The molecule has 2 atom stereocenters. The van der Waals surface area contributed by atoms with E-state index in [4.69, 9.17) is 0 Å². The van der Waals surface area contributed by atoms with Crippen LogP contribution in [0.5, 0.6) is 0 Å². The molecule has 4 nitrogen and oxygen atoms in total. The Morgan fingerprint density at radius 3 is 2.87 bits per heavy atom. The van der Waals surface area contributed by atoms with E-state index in [1.807, 2.05) is 19.0 Å². The van der Waals surface area contributed by atoms with Crippen LogP contribution in [0.3, 0.4) is 0 Å². The van der Waals surface area contributed by atoms with Crippen molar-refractivity contribution >= 4 is 5.91 Å². The van der Waals surface area contributed by atoms with Gasteiger partial charge in [-0.1, -0.05) is 0 Å². The lowest BCUT2D eigenvalue weighted by molar-refractivity contribution is -0.130. The van der Waals surface area contributed by atoms with Crippen molar-refractivity contribution in [2.24, 2.45) is 0 Å². The molecule has 1 aliphatic rings. The average Bonchev–Trinajstić information content (AvgIpc) is 2.32. The van der Waals surface area contributed by atoms with E-state index in [-0.39, 0.29) is 5.91 Å². The number of likely N-dealkylation sites (N-methyl/N-ethyl adjacent to an activating group) is 2. The van der Waals surface area contributed by atoms with E-state index >= 15 is 0 Å². The minimum absolute atomic E-state index is 0.265. The van der Waals surface area contributed by atoms with Gasteiger partial charge in [-0.15, -0.1) is 0 Å². The van der Waals surface area contributed by atoms with Crippen LogP contribution in [0.4, 0.5) is 0 Å². The fraction of sp³-hybridized carbons (Fsp3) is 0.909. The number of amides is 1. The summed E-state index contributed by atoms with van der Waals surface area (Å²) in [6, 6.07) is 0.816. The van der Waals surface area contributed by atoms with Crippen molar-refractivity contribution in [2.75, 3.05) is 33.7 Å². The first-order valence-corrected chi connectivity index (χ1v) is 5.70. The number of nitrogens with zero attached hydrogens (tertiary/aromatic N) is 2. The highest BCUT2D eigenvalue weighted by Gasteiger charge is 2.25. The minimum atomic E-state index is 0.265. The van der Waals surface area contributed by atoms with Crippen LogP contribution in [0, 0.1) is 0 Å². The van der Waals surface area contributed by atoms with Gasteiger partial charge in [0.25, 0.3) is 0 Å². The highest BCUT2D eigenvalue weighted by molar-refractivity contribution is 5.76. The summed E-state index contributed by atoms with van der Waals surface area (Å²) in [5, 5.41) is 3.18. The lowest BCUT2D eigenvalue weighted by Gasteiger charge is -2.30. The summed E-state index contributed by atoms with van der Waals surface area (Å²) in [5.74, 6) is 0.265. The van der Waals surface area contributed by atoms with Gasteiger partial charge in [0.2, 0.25) is 5.91 Å². The van der Waals surface area contributed by atoms with Gasteiger partial charge in [0.05, 0.1) is 0 Å². The maximum absolute atomic E-state index is 11.6. The lowest BCUT2D eigenvalue weighted by atomic mass is 10.2. The maximum Gasteiger partial charge on any atom is 0.223 e. The van der Waals surface area contributed by atoms with E-state index in [2.05, 4.69) is 24.1 Å². The molecule has 0 bridgehead atoms. The molecular formula is C11H23N3O. The van der Waals surface area contributed by atoms with Gasteiger partial charge in [0.15, 0.2) is 0 Å². The van der Waals surface area contributed by atoms with Crippen LogP contribution in [-0.2, 0) is 4.79 Å². The Morgan fingerprint density at radius 1 is 1.60 bits per heavy atom. The summed E-state index contributed by atoms with van der Waals surface area (Å²) in [6.45, 7) is 7.16. The van der Waals surface area contributed by atoms with Gasteiger partial charge in [0, 0.05) is 45.2 Å². The second kappa shape index (κ2) is 5.47. The van der Waals surface area contributed by atoms with E-state index < -0.39 is 0 Å². The smallest absolute Gasteiger partial charge is 0.223 e. The SMILES string of the molecule is CNCC(C)N1CCC(=O)N(C)C(C)C1. The van der Waals surface area contributed by atoms with E-state index in [0.29, 0.717) is 18.5 Å². The zero-order chi connectivity index (χ0) is 11.4. The maximum atomic E-state index is 11.6. The molecule has 0 aromatic rings. The topological polar surface area (TPSA) is 35.6 Å². The van der Waals surface area contributed by atoms with Gasteiger partial charge in [-0.05, 0) is 20.9 Å². The molecule has 0 spiro atoms. The summed E-state index contributed by atoms with van der Waals surface area (Å²) in [7, 11) is 3.87. The molecule has 0 aromatic heterocycles. The van der Waals surface area contributed by atoms with Crippen molar-refractivity contribution in [3.05, 3.63) is 0 Å². The first-order chi connectivity index (χ1) is 7.06.